The van der Waals surface area contributed by atoms with Crippen molar-refractivity contribution >= 4 is 11.8 Å². The molecular formula is C15H26N2O3. The molecule has 0 aromatic carbocycles. The highest BCUT2D eigenvalue weighted by atomic mass is 16.5. The fourth-order valence-electron chi connectivity index (χ4n) is 3.31. The Hall–Kier alpha value is -1.10. The molecule has 2 aliphatic rings. The Morgan fingerprint density at radius 2 is 1.90 bits per heavy atom. The van der Waals surface area contributed by atoms with Crippen molar-refractivity contribution < 1.29 is 14.3 Å². The summed E-state index contributed by atoms with van der Waals surface area (Å²) >= 11 is 0. The standard InChI is InChI=1S/C15H26N2O3/c1-20-11-7-3-6-10-17-12-13(18)16-15(14(17)19)8-4-2-5-9-15/h2-12H2,1H3,(H,16,18). The second-order valence-electron chi connectivity index (χ2n) is 5.97. The van der Waals surface area contributed by atoms with Crippen LogP contribution < -0.4 is 5.32 Å². The van der Waals surface area contributed by atoms with Gasteiger partial charge in [0.05, 0.1) is 6.54 Å². The molecule has 0 unspecified atom stereocenters. The number of carbonyl (C=O) groups is 2. The van der Waals surface area contributed by atoms with Crippen molar-refractivity contribution in [3.05, 3.63) is 0 Å². The smallest absolute Gasteiger partial charge is 0.248 e. The quantitative estimate of drug-likeness (QED) is 0.750. The highest BCUT2D eigenvalue weighted by Gasteiger charge is 2.46. The molecule has 1 aliphatic carbocycles. The SMILES string of the molecule is COCCCCCN1CC(=O)NC2(CCCCC2)C1=O. The lowest BCUT2D eigenvalue weighted by Gasteiger charge is -2.44. The molecule has 20 heavy (non-hydrogen) atoms. The van der Waals surface area contributed by atoms with Gasteiger partial charge in [0, 0.05) is 20.3 Å². The number of ether oxygens (including phenoxy) is 1. The molecule has 0 aromatic rings. The minimum Gasteiger partial charge on any atom is -0.385 e. The Morgan fingerprint density at radius 1 is 1.15 bits per heavy atom. The van der Waals surface area contributed by atoms with E-state index in [1.807, 2.05) is 0 Å². The molecule has 0 bridgehead atoms. The van der Waals surface area contributed by atoms with E-state index >= 15 is 0 Å². The van der Waals surface area contributed by atoms with Gasteiger partial charge in [0.2, 0.25) is 11.8 Å². The summed E-state index contributed by atoms with van der Waals surface area (Å²) in [6.07, 6.45) is 7.83. The molecule has 1 aliphatic heterocycles. The van der Waals surface area contributed by atoms with Crippen molar-refractivity contribution in [2.75, 3.05) is 26.8 Å². The van der Waals surface area contributed by atoms with E-state index < -0.39 is 5.54 Å². The molecule has 114 valence electrons. The summed E-state index contributed by atoms with van der Waals surface area (Å²) in [6.45, 7) is 1.68. The van der Waals surface area contributed by atoms with E-state index in [2.05, 4.69) is 5.32 Å². The maximum absolute atomic E-state index is 12.7. The number of unbranched alkanes of at least 4 members (excludes halogenated alkanes) is 2. The summed E-state index contributed by atoms with van der Waals surface area (Å²) < 4.78 is 5.02. The monoisotopic (exact) mass is 282 g/mol. The molecule has 1 saturated carbocycles. The molecule has 5 nitrogen and oxygen atoms in total. The number of carbonyl (C=O) groups excluding carboxylic acids is 2. The number of nitrogens with one attached hydrogen (secondary N) is 1. The van der Waals surface area contributed by atoms with E-state index in [4.69, 9.17) is 4.74 Å². The molecule has 2 rings (SSSR count). The molecule has 5 heteroatoms. The summed E-state index contributed by atoms with van der Waals surface area (Å²) in [5.41, 5.74) is -0.583. The van der Waals surface area contributed by atoms with Crippen LogP contribution in [0.15, 0.2) is 0 Å². The van der Waals surface area contributed by atoms with Gasteiger partial charge in [0.1, 0.15) is 5.54 Å². The third kappa shape index (κ3) is 3.51. The van der Waals surface area contributed by atoms with E-state index in [1.165, 1.54) is 6.42 Å². The maximum Gasteiger partial charge on any atom is 0.248 e. The highest BCUT2D eigenvalue weighted by Crippen LogP contribution is 2.31. The summed E-state index contributed by atoms with van der Waals surface area (Å²) in [5, 5.41) is 2.97. The van der Waals surface area contributed by atoms with Gasteiger partial charge in [-0.15, -0.1) is 0 Å². The Kier molecular flexibility index (Phi) is 5.40. The van der Waals surface area contributed by atoms with Crippen molar-refractivity contribution in [3.8, 4) is 0 Å². The Balaban J connectivity index is 1.88. The summed E-state index contributed by atoms with van der Waals surface area (Å²) in [4.78, 5) is 26.3. The molecule has 0 aromatic heterocycles. The lowest BCUT2D eigenvalue weighted by molar-refractivity contribution is -0.151. The summed E-state index contributed by atoms with van der Waals surface area (Å²) in [5.74, 6) is 0.145. The predicted molar refractivity (Wildman–Crippen MR) is 76.3 cm³/mol. The highest BCUT2D eigenvalue weighted by molar-refractivity contribution is 5.98. The zero-order chi connectivity index (χ0) is 14.4. The van der Waals surface area contributed by atoms with Crippen LogP contribution in [-0.2, 0) is 14.3 Å². The number of hydrogen-bond acceptors (Lipinski definition) is 3. The van der Waals surface area contributed by atoms with Crippen LogP contribution in [0.1, 0.15) is 51.4 Å². The van der Waals surface area contributed by atoms with Crippen LogP contribution in [0.3, 0.4) is 0 Å². The van der Waals surface area contributed by atoms with Crippen LogP contribution in [0.4, 0.5) is 0 Å². The lowest BCUT2D eigenvalue weighted by atomic mass is 9.79. The molecule has 0 radical (unpaired) electrons. The van der Waals surface area contributed by atoms with Crippen molar-refractivity contribution in [1.29, 1.82) is 0 Å². The number of rotatable bonds is 6. The zero-order valence-electron chi connectivity index (χ0n) is 12.5. The molecule has 1 N–H and O–H groups in total. The lowest BCUT2D eigenvalue weighted by Crippen LogP contribution is -2.67. The topological polar surface area (TPSA) is 58.6 Å². The van der Waals surface area contributed by atoms with Crippen molar-refractivity contribution in [2.45, 2.75) is 56.9 Å². The third-order valence-electron chi connectivity index (χ3n) is 4.39. The number of piperazine rings is 1. The average Bonchev–Trinajstić information content (AvgIpc) is 2.45. The van der Waals surface area contributed by atoms with E-state index in [0.717, 1.165) is 51.6 Å². The molecule has 0 atom stereocenters. The second kappa shape index (κ2) is 7.07. The van der Waals surface area contributed by atoms with Crippen molar-refractivity contribution in [3.63, 3.8) is 0 Å². The van der Waals surface area contributed by atoms with Gasteiger partial charge in [0.15, 0.2) is 0 Å². The Morgan fingerprint density at radius 3 is 2.60 bits per heavy atom. The van der Waals surface area contributed by atoms with Gasteiger partial charge in [-0.05, 0) is 32.1 Å². The van der Waals surface area contributed by atoms with Crippen LogP contribution in [0.2, 0.25) is 0 Å². The predicted octanol–water partition coefficient (Wildman–Crippen LogP) is 1.46. The van der Waals surface area contributed by atoms with Gasteiger partial charge in [-0.1, -0.05) is 19.3 Å². The normalized spacial score (nSPS) is 22.1. The molecule has 1 spiro atoms. The Bertz CT molecular complexity index is 351. The largest absolute Gasteiger partial charge is 0.385 e. The Labute approximate surface area is 121 Å². The van der Waals surface area contributed by atoms with Crippen LogP contribution >= 0.6 is 0 Å². The van der Waals surface area contributed by atoms with Crippen molar-refractivity contribution in [1.82, 2.24) is 10.2 Å². The molecule has 1 heterocycles. The van der Waals surface area contributed by atoms with E-state index in [1.54, 1.807) is 12.0 Å². The molecular weight excluding hydrogens is 256 g/mol. The van der Waals surface area contributed by atoms with Crippen LogP contribution in [0, 0.1) is 0 Å². The van der Waals surface area contributed by atoms with E-state index in [-0.39, 0.29) is 18.4 Å². The molecule has 2 amide bonds. The van der Waals surface area contributed by atoms with E-state index in [9.17, 15) is 9.59 Å². The van der Waals surface area contributed by atoms with Crippen LogP contribution in [0.5, 0.6) is 0 Å². The fraction of sp³-hybridized carbons (Fsp3) is 0.867. The number of nitrogens with zero attached hydrogens (tertiary/aromatic N) is 1. The minimum absolute atomic E-state index is 0.00314. The van der Waals surface area contributed by atoms with Gasteiger partial charge in [-0.25, -0.2) is 0 Å². The third-order valence-corrected chi connectivity index (χ3v) is 4.39. The first-order chi connectivity index (χ1) is 9.68. The van der Waals surface area contributed by atoms with Gasteiger partial charge < -0.3 is 15.0 Å². The average molecular weight is 282 g/mol. The van der Waals surface area contributed by atoms with E-state index in [0.29, 0.717) is 6.54 Å². The first-order valence-corrected chi connectivity index (χ1v) is 7.77. The van der Waals surface area contributed by atoms with Gasteiger partial charge in [-0.2, -0.15) is 0 Å². The van der Waals surface area contributed by atoms with Crippen LogP contribution in [0.25, 0.3) is 0 Å². The maximum atomic E-state index is 12.7. The fourth-order valence-corrected chi connectivity index (χ4v) is 3.31. The second-order valence-corrected chi connectivity index (χ2v) is 5.97. The van der Waals surface area contributed by atoms with Gasteiger partial charge >= 0.3 is 0 Å². The first-order valence-electron chi connectivity index (χ1n) is 7.77. The van der Waals surface area contributed by atoms with Crippen LogP contribution in [-0.4, -0.2) is 49.1 Å². The first kappa shape index (κ1) is 15.3. The zero-order valence-corrected chi connectivity index (χ0v) is 12.5. The number of amides is 2. The van der Waals surface area contributed by atoms with Gasteiger partial charge in [-0.3, -0.25) is 9.59 Å². The summed E-state index contributed by atoms with van der Waals surface area (Å²) in [6, 6.07) is 0. The van der Waals surface area contributed by atoms with Crippen molar-refractivity contribution in [2.24, 2.45) is 0 Å². The molecule has 2 fully saturated rings. The minimum atomic E-state index is -0.583. The number of methoxy groups -OCH3 is 1. The number of hydrogen-bond donors (Lipinski definition) is 1. The summed E-state index contributed by atoms with van der Waals surface area (Å²) in [7, 11) is 1.70. The van der Waals surface area contributed by atoms with Gasteiger partial charge in [0.25, 0.3) is 0 Å². The molecule has 1 saturated heterocycles.